The Bertz CT molecular complexity index is 1080. The molecule has 3 amide bonds. The average Bonchev–Trinajstić information content (AvgIpc) is 3.38. The van der Waals surface area contributed by atoms with Crippen molar-refractivity contribution >= 4 is 11.9 Å². The third-order valence-corrected chi connectivity index (χ3v) is 7.11. The van der Waals surface area contributed by atoms with E-state index in [9.17, 15) is 22.8 Å². The first-order chi connectivity index (χ1) is 16.1. The minimum absolute atomic E-state index is 0.0482. The zero-order valence-corrected chi connectivity index (χ0v) is 18.3. The van der Waals surface area contributed by atoms with Gasteiger partial charge in [-0.2, -0.15) is 5.10 Å². The molecule has 5 rings (SSSR count). The van der Waals surface area contributed by atoms with Gasteiger partial charge in [-0.3, -0.25) is 9.89 Å². The van der Waals surface area contributed by atoms with Crippen LogP contribution >= 0.6 is 0 Å². The van der Waals surface area contributed by atoms with Gasteiger partial charge < -0.3 is 20.3 Å². The van der Waals surface area contributed by atoms with Crippen molar-refractivity contribution in [3.8, 4) is 5.75 Å². The number of ether oxygens (including phenoxy) is 1. The lowest BCUT2D eigenvalue weighted by Crippen LogP contribution is -2.65. The molecule has 2 aromatic rings. The topological polar surface area (TPSA) is 117 Å². The number of carbonyl (C=O) groups is 2. The third kappa shape index (κ3) is 4.40. The summed E-state index contributed by atoms with van der Waals surface area (Å²) in [6.45, 7) is 2.73. The molecule has 1 atom stereocenters. The Hall–Kier alpha value is -3.31. The predicted octanol–water partition coefficient (Wildman–Crippen LogP) is 2.67. The zero-order valence-electron chi connectivity index (χ0n) is 18.3. The van der Waals surface area contributed by atoms with Crippen molar-refractivity contribution in [1.29, 1.82) is 0 Å². The number of nitrogens with one attached hydrogen (secondary N) is 1. The number of hydrogen-bond acceptors (Lipinski definition) is 5. The Labute approximate surface area is 193 Å². The Morgan fingerprint density at radius 1 is 1.24 bits per heavy atom. The van der Waals surface area contributed by atoms with Gasteiger partial charge in [-0.25, -0.2) is 9.78 Å². The number of aromatic nitrogens is 3. The van der Waals surface area contributed by atoms with Crippen LogP contribution in [0.5, 0.6) is 5.75 Å². The Balaban J connectivity index is 1.12. The van der Waals surface area contributed by atoms with E-state index in [1.54, 1.807) is 6.07 Å². The maximum atomic E-state index is 12.8. The molecule has 34 heavy (non-hydrogen) atoms. The molecule has 1 aliphatic carbocycles. The molecule has 0 bridgehead atoms. The Morgan fingerprint density at radius 3 is 2.65 bits per heavy atom. The van der Waals surface area contributed by atoms with Gasteiger partial charge >= 0.3 is 12.4 Å². The largest absolute Gasteiger partial charge is 0.573 e. The van der Waals surface area contributed by atoms with Crippen LogP contribution < -0.4 is 10.5 Å². The maximum Gasteiger partial charge on any atom is 0.573 e. The summed E-state index contributed by atoms with van der Waals surface area (Å²) in [7, 11) is 0. The van der Waals surface area contributed by atoms with E-state index in [2.05, 4.69) is 19.9 Å². The number of alkyl halides is 3. The van der Waals surface area contributed by atoms with E-state index in [4.69, 9.17) is 5.73 Å². The molecule has 3 N–H and O–H groups in total. The van der Waals surface area contributed by atoms with Gasteiger partial charge in [0.15, 0.2) is 0 Å². The summed E-state index contributed by atoms with van der Waals surface area (Å²) in [5, 5.41) is 6.75. The van der Waals surface area contributed by atoms with Crippen LogP contribution in [0.15, 0.2) is 24.5 Å². The molecule has 12 heteroatoms. The SMILES string of the molecule is NC(=O)c1ccc(CC2CC3(C2)CN(C(=O)N2CC[C@H](c4ncn[nH]4)C2)C3)cc1OC(F)(F)F. The molecule has 1 aromatic carbocycles. The molecule has 3 heterocycles. The van der Waals surface area contributed by atoms with Crippen LogP contribution in [0.25, 0.3) is 0 Å². The molecule has 1 aromatic heterocycles. The van der Waals surface area contributed by atoms with Gasteiger partial charge in [0.2, 0.25) is 0 Å². The van der Waals surface area contributed by atoms with E-state index in [1.807, 2.05) is 9.80 Å². The molecule has 3 fully saturated rings. The first-order valence-corrected chi connectivity index (χ1v) is 11.2. The van der Waals surface area contributed by atoms with Gasteiger partial charge in [0.25, 0.3) is 5.91 Å². The number of halogens is 3. The fourth-order valence-electron chi connectivity index (χ4n) is 5.67. The molecule has 0 radical (unpaired) electrons. The highest BCUT2D eigenvalue weighted by Crippen LogP contribution is 2.53. The quantitative estimate of drug-likeness (QED) is 0.685. The van der Waals surface area contributed by atoms with E-state index in [0.29, 0.717) is 44.1 Å². The van der Waals surface area contributed by atoms with E-state index in [1.165, 1.54) is 18.5 Å². The summed E-state index contributed by atoms with van der Waals surface area (Å²) < 4.78 is 42.1. The molecule has 2 aliphatic heterocycles. The van der Waals surface area contributed by atoms with Crippen LogP contribution in [-0.4, -0.2) is 69.5 Å². The minimum atomic E-state index is -4.91. The van der Waals surface area contributed by atoms with Gasteiger partial charge in [-0.1, -0.05) is 6.07 Å². The molecule has 2 saturated heterocycles. The second kappa shape index (κ2) is 8.17. The van der Waals surface area contributed by atoms with Gasteiger partial charge in [0.1, 0.15) is 17.9 Å². The molecular formula is C22H25F3N6O3. The lowest BCUT2D eigenvalue weighted by atomic mass is 9.56. The molecule has 3 aliphatic rings. The van der Waals surface area contributed by atoms with E-state index in [0.717, 1.165) is 25.1 Å². The van der Waals surface area contributed by atoms with Crippen LogP contribution in [0, 0.1) is 11.3 Å². The number of nitrogens with two attached hydrogens (primary N) is 1. The highest BCUT2D eigenvalue weighted by Gasteiger charge is 2.54. The number of aromatic amines is 1. The fourth-order valence-corrected chi connectivity index (χ4v) is 5.67. The predicted molar refractivity (Wildman–Crippen MR) is 113 cm³/mol. The van der Waals surface area contributed by atoms with Gasteiger partial charge in [0, 0.05) is 37.5 Å². The summed E-state index contributed by atoms with van der Waals surface area (Å²) in [6.07, 6.45) is -0.183. The first kappa shape index (κ1) is 22.5. The van der Waals surface area contributed by atoms with Gasteiger partial charge in [-0.05, 0) is 49.3 Å². The number of nitrogens with zero attached hydrogens (tertiary/aromatic N) is 4. The van der Waals surface area contributed by atoms with Crippen molar-refractivity contribution in [3.63, 3.8) is 0 Å². The summed E-state index contributed by atoms with van der Waals surface area (Å²) in [6, 6.07) is 4.18. The molecule has 1 spiro atoms. The molecule has 0 unspecified atom stereocenters. The summed E-state index contributed by atoms with van der Waals surface area (Å²) >= 11 is 0. The maximum absolute atomic E-state index is 12.8. The fraction of sp³-hybridized carbons (Fsp3) is 0.545. The second-order valence-corrected chi connectivity index (χ2v) is 9.66. The van der Waals surface area contributed by atoms with E-state index in [-0.39, 0.29) is 22.9 Å². The second-order valence-electron chi connectivity index (χ2n) is 9.66. The van der Waals surface area contributed by atoms with Crippen LogP contribution in [0.1, 0.15) is 46.9 Å². The number of benzene rings is 1. The minimum Gasteiger partial charge on any atom is -0.405 e. The van der Waals surface area contributed by atoms with Crippen molar-refractivity contribution in [1.82, 2.24) is 25.0 Å². The van der Waals surface area contributed by atoms with Crippen molar-refractivity contribution < 1.29 is 27.5 Å². The van der Waals surface area contributed by atoms with Crippen LogP contribution in [0.3, 0.4) is 0 Å². The lowest BCUT2D eigenvalue weighted by Gasteiger charge is -2.59. The molecule has 182 valence electrons. The number of rotatable bonds is 5. The van der Waals surface area contributed by atoms with E-state index >= 15 is 0 Å². The van der Waals surface area contributed by atoms with Crippen LogP contribution in [-0.2, 0) is 6.42 Å². The molecule has 1 saturated carbocycles. The lowest BCUT2D eigenvalue weighted by molar-refractivity contribution is -0.274. The van der Waals surface area contributed by atoms with Crippen molar-refractivity contribution in [2.24, 2.45) is 17.1 Å². The number of carbonyl (C=O) groups excluding carboxylic acids is 2. The van der Waals surface area contributed by atoms with Gasteiger partial charge in [-0.15, -0.1) is 13.2 Å². The highest BCUT2D eigenvalue weighted by atomic mass is 19.4. The van der Waals surface area contributed by atoms with Crippen molar-refractivity contribution in [2.45, 2.75) is 38.0 Å². The highest BCUT2D eigenvalue weighted by molar-refractivity contribution is 5.95. The first-order valence-electron chi connectivity index (χ1n) is 11.2. The summed E-state index contributed by atoms with van der Waals surface area (Å²) in [5.74, 6) is -0.246. The van der Waals surface area contributed by atoms with Gasteiger partial charge in [0.05, 0.1) is 5.56 Å². The number of primary amides is 1. The number of amides is 3. The third-order valence-electron chi connectivity index (χ3n) is 7.11. The summed E-state index contributed by atoms with van der Waals surface area (Å²) in [4.78, 5) is 32.2. The van der Waals surface area contributed by atoms with Crippen LogP contribution in [0.4, 0.5) is 18.0 Å². The van der Waals surface area contributed by atoms with Crippen molar-refractivity contribution in [2.75, 3.05) is 26.2 Å². The summed E-state index contributed by atoms with van der Waals surface area (Å²) in [5.41, 5.74) is 5.63. The Kier molecular flexibility index (Phi) is 5.40. The van der Waals surface area contributed by atoms with Crippen LogP contribution in [0.2, 0.25) is 0 Å². The normalized spacial score (nSPS) is 21.9. The number of hydrogen-bond donors (Lipinski definition) is 2. The number of H-pyrrole nitrogens is 1. The van der Waals surface area contributed by atoms with E-state index < -0.39 is 18.0 Å². The molecule has 9 nitrogen and oxygen atoms in total. The number of urea groups is 1. The standard InChI is InChI=1S/C22H25F3N6O3/c23-22(24,25)34-17-6-13(1-2-16(17)18(26)32)5-14-7-21(8-14)10-31(11-21)20(33)30-4-3-15(9-30)19-27-12-28-29-19/h1-2,6,12,14-15H,3-5,7-11H2,(H2,26,32)(H,27,28,29)/t15-/m0/s1. The zero-order chi connectivity index (χ0) is 24.1. The van der Waals surface area contributed by atoms with Crippen molar-refractivity contribution in [3.05, 3.63) is 41.5 Å². The Morgan fingerprint density at radius 2 is 2.00 bits per heavy atom. The number of likely N-dealkylation sites (tertiary alicyclic amines) is 2. The monoisotopic (exact) mass is 478 g/mol. The average molecular weight is 478 g/mol. The smallest absolute Gasteiger partial charge is 0.405 e. The molecular weight excluding hydrogens is 453 g/mol.